The van der Waals surface area contributed by atoms with Crippen LogP contribution in [-0.2, 0) is 0 Å². The molecule has 0 aromatic heterocycles. The van der Waals surface area contributed by atoms with Crippen molar-refractivity contribution in [2.45, 2.75) is 46.1 Å². The van der Waals surface area contributed by atoms with Gasteiger partial charge in [0.15, 0.2) is 11.6 Å². The van der Waals surface area contributed by atoms with E-state index < -0.39 is 17.7 Å². The highest BCUT2D eigenvalue weighted by atomic mass is 16.3. The summed E-state index contributed by atoms with van der Waals surface area (Å²) in [6.07, 6.45) is 3.94. The average molecular weight is 344 g/mol. The molecule has 0 saturated heterocycles. The molecule has 0 spiro atoms. The highest BCUT2D eigenvalue weighted by Crippen LogP contribution is 2.35. The maximum Gasteiger partial charge on any atom is 0.196 e. The molecule has 25 heavy (non-hydrogen) atoms. The van der Waals surface area contributed by atoms with Crippen LogP contribution in [0.1, 0.15) is 60.7 Å². The van der Waals surface area contributed by atoms with Gasteiger partial charge in [-0.2, -0.15) is 0 Å². The Morgan fingerprint density at radius 3 is 2.32 bits per heavy atom. The number of carbonyl (C=O) groups is 2. The van der Waals surface area contributed by atoms with E-state index in [9.17, 15) is 24.9 Å². The molecule has 1 aromatic rings. The summed E-state index contributed by atoms with van der Waals surface area (Å²) in [5, 5.41) is 30.0. The quantitative estimate of drug-likeness (QED) is 0.542. The monoisotopic (exact) mass is 344 g/mol. The first-order chi connectivity index (χ1) is 11.7. The van der Waals surface area contributed by atoms with Crippen molar-refractivity contribution in [3.63, 3.8) is 0 Å². The van der Waals surface area contributed by atoms with Crippen molar-refractivity contribution in [2.24, 2.45) is 5.92 Å². The van der Waals surface area contributed by atoms with Crippen molar-refractivity contribution in [3.05, 3.63) is 46.6 Å². The normalized spacial score (nSPS) is 16.0. The second kappa shape index (κ2) is 7.66. The summed E-state index contributed by atoms with van der Waals surface area (Å²) in [5.74, 6) is -1.39. The highest BCUT2D eigenvalue weighted by molar-refractivity contribution is 6.26. The van der Waals surface area contributed by atoms with E-state index in [1.54, 1.807) is 0 Å². The van der Waals surface area contributed by atoms with Gasteiger partial charge in [0.2, 0.25) is 0 Å². The van der Waals surface area contributed by atoms with E-state index >= 15 is 0 Å². The average Bonchev–Trinajstić information content (AvgIpc) is 2.55. The molecule has 0 aliphatic heterocycles. The van der Waals surface area contributed by atoms with E-state index in [-0.39, 0.29) is 34.6 Å². The van der Waals surface area contributed by atoms with E-state index in [0.29, 0.717) is 5.92 Å². The van der Waals surface area contributed by atoms with Crippen LogP contribution in [0.25, 0.3) is 0 Å². The number of Topliss-reactive ketones (excluding diaryl/α,β-unsaturated/α-hetero) is 1. The maximum absolute atomic E-state index is 12.6. The molecule has 0 amide bonds. The molecule has 3 N–H and O–H groups in total. The SMILES string of the molecule is CC(=CC[C@@H](O)C1=CC(=O)c2c(O)ccc(O)c2C1=O)CCC(C)C. The third-order valence-corrected chi connectivity index (χ3v) is 4.35. The second-order valence-electron chi connectivity index (χ2n) is 6.88. The summed E-state index contributed by atoms with van der Waals surface area (Å²) in [6.45, 7) is 6.24. The lowest BCUT2D eigenvalue weighted by atomic mass is 9.85. The number of phenols is 2. The zero-order valence-corrected chi connectivity index (χ0v) is 14.7. The molecule has 134 valence electrons. The number of aliphatic hydroxyl groups excluding tert-OH is 1. The number of carbonyl (C=O) groups excluding carboxylic acids is 2. The van der Waals surface area contributed by atoms with Gasteiger partial charge in [-0.3, -0.25) is 9.59 Å². The number of hydrogen-bond donors (Lipinski definition) is 3. The Bertz CT molecular complexity index is 756. The van der Waals surface area contributed by atoms with E-state index in [1.165, 1.54) is 0 Å². The Kier molecular flexibility index (Phi) is 5.80. The van der Waals surface area contributed by atoms with Gasteiger partial charge in [0.05, 0.1) is 17.2 Å². The smallest absolute Gasteiger partial charge is 0.196 e. The van der Waals surface area contributed by atoms with Gasteiger partial charge in [-0.05, 0) is 50.3 Å². The summed E-state index contributed by atoms with van der Waals surface area (Å²) < 4.78 is 0. The molecule has 1 aliphatic rings. The molecule has 1 aliphatic carbocycles. The number of fused-ring (bicyclic) bond motifs is 1. The lowest BCUT2D eigenvalue weighted by molar-refractivity contribution is 0.0943. The third-order valence-electron chi connectivity index (χ3n) is 4.35. The topological polar surface area (TPSA) is 94.8 Å². The number of aromatic hydroxyl groups is 2. The molecule has 5 nitrogen and oxygen atoms in total. The van der Waals surface area contributed by atoms with Crippen LogP contribution in [0.2, 0.25) is 0 Å². The molecule has 2 rings (SSSR count). The molecule has 0 saturated carbocycles. The molecule has 0 unspecified atom stereocenters. The fourth-order valence-electron chi connectivity index (χ4n) is 2.79. The Labute approximate surface area is 147 Å². The molecular weight excluding hydrogens is 320 g/mol. The predicted molar refractivity (Wildman–Crippen MR) is 95.0 cm³/mol. The van der Waals surface area contributed by atoms with Crippen LogP contribution in [0.5, 0.6) is 11.5 Å². The molecule has 0 fully saturated rings. The summed E-state index contributed by atoms with van der Waals surface area (Å²) in [7, 11) is 0. The van der Waals surface area contributed by atoms with Crippen molar-refractivity contribution in [3.8, 4) is 11.5 Å². The minimum Gasteiger partial charge on any atom is -0.507 e. The zero-order valence-electron chi connectivity index (χ0n) is 14.7. The molecular formula is C20H24O5. The van der Waals surface area contributed by atoms with E-state index in [2.05, 4.69) is 13.8 Å². The molecule has 1 aromatic carbocycles. The van der Waals surface area contributed by atoms with Gasteiger partial charge in [-0.15, -0.1) is 0 Å². The standard InChI is InChI=1S/C20H24O5/c1-11(2)4-5-12(3)6-7-14(21)13-10-17(24)18-15(22)8-9-16(23)19(18)20(13)25/h6,8-11,14,21-23H,4-5,7H2,1-3H3/t14-/m1/s1. The minimum atomic E-state index is -1.14. The number of allylic oxidation sites excluding steroid dienone is 2. The van der Waals surface area contributed by atoms with Crippen LogP contribution in [0.3, 0.4) is 0 Å². The summed E-state index contributed by atoms with van der Waals surface area (Å²) in [6, 6.07) is 2.32. The summed E-state index contributed by atoms with van der Waals surface area (Å²) in [4.78, 5) is 24.8. The Morgan fingerprint density at radius 1 is 1.12 bits per heavy atom. The number of benzene rings is 1. The van der Waals surface area contributed by atoms with Crippen LogP contribution in [0, 0.1) is 5.92 Å². The Balaban J connectivity index is 2.21. The number of ketones is 2. The predicted octanol–water partition coefficient (Wildman–Crippen LogP) is 3.54. The van der Waals surface area contributed by atoms with Crippen molar-refractivity contribution >= 4 is 11.6 Å². The molecule has 0 heterocycles. The number of aliphatic hydroxyl groups is 1. The van der Waals surface area contributed by atoms with Crippen LogP contribution in [-0.4, -0.2) is 33.0 Å². The fourth-order valence-corrected chi connectivity index (χ4v) is 2.79. The number of phenolic OH excluding ortho intramolecular Hbond substituents is 2. The van der Waals surface area contributed by atoms with Crippen LogP contribution >= 0.6 is 0 Å². The van der Waals surface area contributed by atoms with Crippen LogP contribution in [0.15, 0.2) is 35.4 Å². The Morgan fingerprint density at radius 2 is 1.72 bits per heavy atom. The number of rotatable bonds is 6. The van der Waals surface area contributed by atoms with Crippen LogP contribution in [0.4, 0.5) is 0 Å². The summed E-state index contributed by atoms with van der Waals surface area (Å²) in [5.41, 5.74) is 0.585. The zero-order chi connectivity index (χ0) is 18.7. The van der Waals surface area contributed by atoms with E-state index in [0.717, 1.165) is 36.6 Å². The number of hydrogen-bond acceptors (Lipinski definition) is 5. The van der Waals surface area contributed by atoms with Gasteiger partial charge in [0.25, 0.3) is 0 Å². The van der Waals surface area contributed by atoms with Crippen molar-refractivity contribution in [1.82, 2.24) is 0 Å². The fraction of sp³-hybridized carbons (Fsp3) is 0.400. The van der Waals surface area contributed by atoms with Crippen molar-refractivity contribution in [1.29, 1.82) is 0 Å². The van der Waals surface area contributed by atoms with E-state index in [1.807, 2.05) is 13.0 Å². The van der Waals surface area contributed by atoms with Gasteiger partial charge in [0, 0.05) is 5.57 Å². The van der Waals surface area contributed by atoms with Gasteiger partial charge in [-0.1, -0.05) is 25.5 Å². The lowest BCUT2D eigenvalue weighted by Crippen LogP contribution is -2.25. The first-order valence-corrected chi connectivity index (χ1v) is 8.41. The maximum atomic E-state index is 12.6. The molecule has 5 heteroatoms. The molecule has 1 atom stereocenters. The third kappa shape index (κ3) is 4.17. The largest absolute Gasteiger partial charge is 0.507 e. The van der Waals surface area contributed by atoms with Gasteiger partial charge >= 0.3 is 0 Å². The second-order valence-corrected chi connectivity index (χ2v) is 6.88. The molecule has 0 radical (unpaired) electrons. The van der Waals surface area contributed by atoms with Gasteiger partial charge in [0.1, 0.15) is 11.5 Å². The van der Waals surface area contributed by atoms with Crippen molar-refractivity contribution in [2.75, 3.05) is 0 Å². The molecule has 0 bridgehead atoms. The van der Waals surface area contributed by atoms with Gasteiger partial charge < -0.3 is 15.3 Å². The highest BCUT2D eigenvalue weighted by Gasteiger charge is 2.33. The van der Waals surface area contributed by atoms with Crippen LogP contribution < -0.4 is 0 Å². The minimum absolute atomic E-state index is 0.0636. The van der Waals surface area contributed by atoms with E-state index in [4.69, 9.17) is 0 Å². The van der Waals surface area contributed by atoms with Gasteiger partial charge in [-0.25, -0.2) is 0 Å². The van der Waals surface area contributed by atoms with Crippen molar-refractivity contribution < 1.29 is 24.9 Å². The first kappa shape index (κ1) is 18.9. The lowest BCUT2D eigenvalue weighted by Gasteiger charge is -2.20. The summed E-state index contributed by atoms with van der Waals surface area (Å²) >= 11 is 0. The Hall–Kier alpha value is -2.40. The first-order valence-electron chi connectivity index (χ1n) is 8.41.